The molecule has 2 aromatic rings. The van der Waals surface area contributed by atoms with Crippen molar-refractivity contribution in [3.63, 3.8) is 0 Å². The van der Waals surface area contributed by atoms with E-state index < -0.39 is 12.0 Å². The topological polar surface area (TPSA) is 146 Å². The highest BCUT2D eigenvalue weighted by atomic mass is 16.4. The number of hydrogen-bond donors (Lipinski definition) is 4. The van der Waals surface area contributed by atoms with E-state index in [0.717, 1.165) is 0 Å². The summed E-state index contributed by atoms with van der Waals surface area (Å²) >= 11 is 0. The quantitative estimate of drug-likeness (QED) is 0.587. The molecule has 0 saturated carbocycles. The van der Waals surface area contributed by atoms with Crippen LogP contribution in [0, 0.1) is 0 Å². The molecular weight excluding hydrogens is 254 g/mol. The van der Waals surface area contributed by atoms with Crippen LogP contribution in [0.15, 0.2) is 18.3 Å². The highest BCUT2D eigenvalue weighted by Crippen LogP contribution is 2.11. The number of anilines is 1. The second-order valence-corrected chi connectivity index (χ2v) is 3.34. The lowest BCUT2D eigenvalue weighted by molar-refractivity contribution is 0.0692. The molecule has 0 aliphatic rings. The van der Waals surface area contributed by atoms with Crippen molar-refractivity contribution in [2.24, 2.45) is 0 Å². The van der Waals surface area contributed by atoms with Gasteiger partial charge in [-0.25, -0.2) is 14.6 Å². The Morgan fingerprint density at radius 1 is 1.42 bits per heavy atom. The van der Waals surface area contributed by atoms with Crippen molar-refractivity contribution >= 4 is 17.7 Å². The molecule has 4 N–H and O–H groups in total. The first-order valence-electron chi connectivity index (χ1n) is 5.12. The number of urea groups is 1. The van der Waals surface area contributed by atoms with E-state index in [2.05, 4.69) is 36.2 Å². The molecule has 0 spiro atoms. The van der Waals surface area contributed by atoms with Crippen LogP contribution in [0.4, 0.5) is 10.5 Å². The van der Waals surface area contributed by atoms with Crippen molar-refractivity contribution in [1.82, 2.24) is 30.9 Å². The van der Waals surface area contributed by atoms with Gasteiger partial charge in [-0.1, -0.05) is 5.21 Å². The highest BCUT2D eigenvalue weighted by molar-refractivity contribution is 5.98. The van der Waals surface area contributed by atoms with Gasteiger partial charge in [0.2, 0.25) is 0 Å². The maximum absolute atomic E-state index is 11.6. The van der Waals surface area contributed by atoms with Gasteiger partial charge < -0.3 is 15.7 Å². The molecule has 0 atom stereocenters. The van der Waals surface area contributed by atoms with Gasteiger partial charge in [-0.3, -0.25) is 0 Å². The summed E-state index contributed by atoms with van der Waals surface area (Å²) in [7, 11) is 0. The van der Waals surface area contributed by atoms with Crippen molar-refractivity contribution in [1.29, 1.82) is 0 Å². The fourth-order valence-corrected chi connectivity index (χ4v) is 1.26. The fourth-order valence-electron chi connectivity index (χ4n) is 1.26. The molecule has 0 fully saturated rings. The zero-order chi connectivity index (χ0) is 13.7. The Balaban J connectivity index is 1.97. The molecule has 2 aromatic heterocycles. The number of carbonyl (C=O) groups excluding carboxylic acids is 1. The number of amides is 2. The summed E-state index contributed by atoms with van der Waals surface area (Å²) in [5.74, 6) is -0.922. The van der Waals surface area contributed by atoms with E-state index in [1.165, 1.54) is 18.3 Å². The second-order valence-electron chi connectivity index (χ2n) is 3.34. The summed E-state index contributed by atoms with van der Waals surface area (Å²) < 4.78 is 0. The third-order valence-corrected chi connectivity index (χ3v) is 2.05. The lowest BCUT2D eigenvalue weighted by Crippen LogP contribution is -2.29. The first-order chi connectivity index (χ1) is 9.16. The first-order valence-corrected chi connectivity index (χ1v) is 5.12. The van der Waals surface area contributed by atoms with Crippen molar-refractivity contribution in [2.75, 3.05) is 5.32 Å². The van der Waals surface area contributed by atoms with E-state index in [1.54, 1.807) is 0 Å². The smallest absolute Gasteiger partial charge is 0.356 e. The van der Waals surface area contributed by atoms with Gasteiger partial charge in [-0.2, -0.15) is 5.21 Å². The van der Waals surface area contributed by atoms with E-state index in [4.69, 9.17) is 5.11 Å². The molecule has 0 unspecified atom stereocenters. The van der Waals surface area contributed by atoms with E-state index in [0.29, 0.717) is 5.82 Å². The number of nitrogens with one attached hydrogen (secondary N) is 3. The van der Waals surface area contributed by atoms with E-state index in [1.807, 2.05) is 0 Å². The Hall–Kier alpha value is -3.04. The van der Waals surface area contributed by atoms with E-state index in [9.17, 15) is 9.59 Å². The number of carbonyl (C=O) groups is 2. The number of aromatic nitrogens is 5. The summed E-state index contributed by atoms with van der Waals surface area (Å²) in [6.07, 6.45) is 1.33. The first kappa shape index (κ1) is 12.4. The second kappa shape index (κ2) is 5.53. The minimum Gasteiger partial charge on any atom is -0.476 e. The van der Waals surface area contributed by atoms with Crippen LogP contribution in [-0.2, 0) is 6.54 Å². The van der Waals surface area contributed by atoms with Gasteiger partial charge in [0.15, 0.2) is 11.5 Å². The number of hydrogen-bond acceptors (Lipinski definition) is 6. The predicted molar refractivity (Wildman–Crippen MR) is 61.2 cm³/mol. The lowest BCUT2D eigenvalue weighted by Gasteiger charge is -2.07. The molecule has 19 heavy (non-hydrogen) atoms. The summed E-state index contributed by atoms with van der Waals surface area (Å²) in [5, 5.41) is 26.6. The highest BCUT2D eigenvalue weighted by Gasteiger charge is 2.13. The summed E-state index contributed by atoms with van der Waals surface area (Å²) in [6.45, 7) is 0.0605. The standard InChI is InChI=1S/C9H9N7O3/c17-8(18)7-5(2-1-3-10-7)12-9(19)11-4-6-13-15-16-14-6/h1-3H,4H2,(H,17,18)(H2,11,12,19)(H,13,14,15,16). The number of carboxylic acids is 1. The Kier molecular flexibility index (Phi) is 3.61. The van der Waals surface area contributed by atoms with Gasteiger partial charge in [-0.15, -0.1) is 10.2 Å². The minimum absolute atomic E-state index is 0.0605. The van der Waals surface area contributed by atoms with Crippen LogP contribution in [0.2, 0.25) is 0 Å². The Bertz CT molecular complexity index is 583. The van der Waals surface area contributed by atoms with E-state index in [-0.39, 0.29) is 17.9 Å². The molecular formula is C9H9N7O3. The van der Waals surface area contributed by atoms with Gasteiger partial charge in [0.1, 0.15) is 0 Å². The molecule has 2 heterocycles. The molecule has 0 aliphatic carbocycles. The molecule has 10 nitrogen and oxygen atoms in total. The maximum atomic E-state index is 11.6. The van der Waals surface area contributed by atoms with Gasteiger partial charge in [0.05, 0.1) is 12.2 Å². The van der Waals surface area contributed by atoms with Gasteiger partial charge in [0, 0.05) is 6.20 Å². The SMILES string of the molecule is O=C(NCc1nn[nH]n1)Nc1cccnc1C(=O)O. The number of pyridine rings is 1. The molecule has 0 aliphatic heterocycles. The van der Waals surface area contributed by atoms with Crippen LogP contribution < -0.4 is 10.6 Å². The number of nitrogens with zero attached hydrogens (tertiary/aromatic N) is 4. The summed E-state index contributed by atoms with van der Waals surface area (Å²) in [5.41, 5.74) is -0.141. The van der Waals surface area contributed by atoms with Crippen LogP contribution in [-0.4, -0.2) is 42.7 Å². The van der Waals surface area contributed by atoms with E-state index >= 15 is 0 Å². The van der Waals surface area contributed by atoms with Crippen LogP contribution in [0.25, 0.3) is 0 Å². The third-order valence-electron chi connectivity index (χ3n) is 2.05. The average Bonchev–Trinajstić information content (AvgIpc) is 2.90. The number of aromatic carboxylic acids is 1. The molecule has 0 saturated heterocycles. The van der Waals surface area contributed by atoms with Crippen LogP contribution in [0.1, 0.15) is 16.3 Å². The third kappa shape index (κ3) is 3.21. The molecule has 2 rings (SSSR count). The number of carboxylic acid groups (broad SMARTS) is 1. The predicted octanol–water partition coefficient (Wildman–Crippen LogP) is -0.385. The largest absolute Gasteiger partial charge is 0.476 e. The summed E-state index contributed by atoms with van der Waals surface area (Å²) in [6, 6.07) is 2.35. The van der Waals surface area contributed by atoms with Crippen molar-refractivity contribution in [2.45, 2.75) is 6.54 Å². The van der Waals surface area contributed by atoms with Crippen molar-refractivity contribution in [3.05, 3.63) is 29.8 Å². The minimum atomic E-state index is -1.23. The lowest BCUT2D eigenvalue weighted by atomic mass is 10.3. The zero-order valence-corrected chi connectivity index (χ0v) is 9.49. The zero-order valence-electron chi connectivity index (χ0n) is 9.49. The maximum Gasteiger partial charge on any atom is 0.356 e. The molecule has 10 heteroatoms. The fraction of sp³-hybridized carbons (Fsp3) is 0.111. The van der Waals surface area contributed by atoms with Crippen molar-refractivity contribution in [3.8, 4) is 0 Å². The molecule has 0 bridgehead atoms. The van der Waals surface area contributed by atoms with Gasteiger partial charge >= 0.3 is 12.0 Å². The van der Waals surface area contributed by atoms with Crippen LogP contribution >= 0.6 is 0 Å². The van der Waals surface area contributed by atoms with Gasteiger partial charge in [0.25, 0.3) is 0 Å². The Morgan fingerprint density at radius 3 is 2.95 bits per heavy atom. The monoisotopic (exact) mass is 263 g/mol. The molecule has 98 valence electrons. The van der Waals surface area contributed by atoms with Gasteiger partial charge in [-0.05, 0) is 12.1 Å². The normalized spacial score (nSPS) is 9.89. The molecule has 2 amide bonds. The van der Waals surface area contributed by atoms with Crippen molar-refractivity contribution < 1.29 is 14.7 Å². The number of H-pyrrole nitrogens is 1. The molecule has 0 aromatic carbocycles. The van der Waals surface area contributed by atoms with Crippen LogP contribution in [0.5, 0.6) is 0 Å². The number of rotatable bonds is 4. The summed E-state index contributed by atoms with van der Waals surface area (Å²) in [4.78, 5) is 26.1. The number of aromatic amines is 1. The Labute approximate surface area is 106 Å². The molecule has 0 radical (unpaired) electrons. The van der Waals surface area contributed by atoms with Crippen LogP contribution in [0.3, 0.4) is 0 Å². The number of tetrazole rings is 1. The Morgan fingerprint density at radius 2 is 2.26 bits per heavy atom. The average molecular weight is 263 g/mol.